The third kappa shape index (κ3) is 7.13. The van der Waals surface area contributed by atoms with Gasteiger partial charge in [0.05, 0.1) is 0 Å². The molecular weight excluding hydrogens is 992 g/mol. The van der Waals surface area contributed by atoms with E-state index in [0.717, 1.165) is 61.3 Å². The van der Waals surface area contributed by atoms with Gasteiger partial charge in [-0.2, -0.15) is 12.1 Å². The molecule has 0 radical (unpaired) electrons. The van der Waals surface area contributed by atoms with Crippen molar-refractivity contribution >= 4 is 44.6 Å². The van der Waals surface area contributed by atoms with Crippen molar-refractivity contribution in [3.63, 3.8) is 0 Å². The van der Waals surface area contributed by atoms with Crippen molar-refractivity contribution in [2.75, 3.05) is 9.80 Å². The number of para-hydroxylation sites is 3. The molecule has 12 bridgehead atoms. The zero-order valence-corrected chi connectivity index (χ0v) is 38.6. The van der Waals surface area contributed by atoms with E-state index in [1.807, 2.05) is 77.4 Å². The summed E-state index contributed by atoms with van der Waals surface area (Å²) in [5.41, 5.74) is 12.0. The SMILES string of the molecule is [2H]C([2H])([2H])c1cc2ncc1-c1cccc(c1)Oc1ccc(cc1)-c1cccc(-c3ccccc3)c1N1[CH-]N(c3[c-]c(ccc3)Oc3[c-]c4c(cc3)c3cc(C(C)(C)C)ccc3n4-2)c2ccccc21.[Pt]. The first-order valence-electron chi connectivity index (χ1n) is 23.3. The molecule has 15 rings (SSSR count). The Morgan fingerprint density at radius 3 is 2.08 bits per heavy atom. The van der Waals surface area contributed by atoms with Gasteiger partial charge in [0.2, 0.25) is 0 Å². The van der Waals surface area contributed by atoms with E-state index < -0.39 is 6.85 Å². The normalized spacial score (nSPS) is 13.7. The van der Waals surface area contributed by atoms with E-state index in [1.54, 1.807) is 12.3 Å². The molecule has 7 heterocycles. The Labute approximate surface area is 403 Å². The van der Waals surface area contributed by atoms with Crippen molar-refractivity contribution in [2.24, 2.45) is 0 Å². The number of ether oxygens (including phenoxy) is 2. The second-order valence-corrected chi connectivity index (χ2v) is 17.6. The summed E-state index contributed by atoms with van der Waals surface area (Å²) in [4.78, 5) is 9.42. The van der Waals surface area contributed by atoms with Crippen molar-refractivity contribution < 1.29 is 34.7 Å². The van der Waals surface area contributed by atoms with Crippen molar-refractivity contribution in [2.45, 2.75) is 33.0 Å². The van der Waals surface area contributed by atoms with E-state index in [-0.39, 0.29) is 32.0 Å². The molecule has 0 saturated carbocycles. The monoisotopic (exact) mass is 1040 g/mol. The van der Waals surface area contributed by atoms with E-state index in [4.69, 9.17) is 18.6 Å². The minimum Gasteiger partial charge on any atom is -0.509 e. The van der Waals surface area contributed by atoms with Crippen molar-refractivity contribution in [1.29, 1.82) is 0 Å². The third-order valence-corrected chi connectivity index (χ3v) is 12.4. The Kier molecular flexibility index (Phi) is 9.33. The number of fused-ring (bicyclic) bond motifs is 3. The van der Waals surface area contributed by atoms with Gasteiger partial charge in [-0.25, -0.2) is 4.98 Å². The smallest absolute Gasteiger partial charge is 0.135 e. The number of aromatic nitrogens is 2. The first-order chi connectivity index (χ1) is 32.9. The summed E-state index contributed by atoms with van der Waals surface area (Å²) in [7, 11) is 0. The predicted octanol–water partition coefficient (Wildman–Crippen LogP) is 15.7. The van der Waals surface area contributed by atoms with Gasteiger partial charge in [0.15, 0.2) is 0 Å². The van der Waals surface area contributed by atoms with Crippen LogP contribution in [0, 0.1) is 25.7 Å². The van der Waals surface area contributed by atoms with Crippen LogP contribution in [0.2, 0.25) is 0 Å². The average molecular weight is 1040 g/mol. The van der Waals surface area contributed by atoms with Crippen LogP contribution in [0.15, 0.2) is 182 Å². The zero-order valence-electron chi connectivity index (χ0n) is 39.3. The Hall–Kier alpha value is -7.40. The molecule has 5 aliphatic heterocycles. The summed E-state index contributed by atoms with van der Waals surface area (Å²) < 4.78 is 41.6. The minimum absolute atomic E-state index is 0. The van der Waals surface area contributed by atoms with Gasteiger partial charge in [0.1, 0.15) is 17.3 Å². The van der Waals surface area contributed by atoms with Gasteiger partial charge in [-0.1, -0.05) is 123 Å². The molecule has 0 amide bonds. The predicted molar refractivity (Wildman–Crippen MR) is 264 cm³/mol. The topological polar surface area (TPSA) is 42.8 Å². The molecule has 8 aromatic carbocycles. The summed E-state index contributed by atoms with van der Waals surface area (Å²) in [5.74, 6) is 2.64. The number of pyridine rings is 1. The summed E-state index contributed by atoms with van der Waals surface area (Å²) >= 11 is 0. The number of hydrogen-bond acceptors (Lipinski definition) is 5. The molecule has 7 heteroatoms. The number of anilines is 4. The van der Waals surface area contributed by atoms with E-state index in [0.29, 0.717) is 45.5 Å². The van der Waals surface area contributed by atoms with Crippen LogP contribution in [0.4, 0.5) is 22.7 Å². The zero-order chi connectivity index (χ0) is 46.3. The second kappa shape index (κ2) is 16.2. The number of aryl methyl sites for hydroxylation is 1. The molecular formula is C59H43N4O2Pt-3. The van der Waals surface area contributed by atoms with Crippen LogP contribution in [0.3, 0.4) is 0 Å². The third-order valence-electron chi connectivity index (χ3n) is 12.4. The standard InChI is InChI=1S/C59H43N4O2.Pt/c1-38-31-57-60-36-52(38)41-15-10-17-45(32-41)64-44-26-23-40(24-27-44)49-20-12-19-48(39-13-6-5-7-14-39)58(49)62-37-61(54-21-8-9-22-55(54)62)43-16-11-18-46(34-43)65-47-28-29-50-51-33-42(59(2,3)4)25-30-53(51)63(57)56(50)35-47;/h5-33,36-37H,1-4H3;/q-3;/i1D3;. The first kappa shape index (κ1) is 37.9. The Morgan fingerprint density at radius 1 is 0.576 bits per heavy atom. The molecule has 5 aliphatic rings. The van der Waals surface area contributed by atoms with Crippen LogP contribution in [-0.2, 0) is 26.5 Å². The maximum atomic E-state index is 8.80. The summed E-state index contributed by atoms with van der Waals surface area (Å²) in [6, 6.07) is 66.0. The fraction of sp³-hybridized carbons (Fsp3) is 0.0847. The summed E-state index contributed by atoms with van der Waals surface area (Å²) in [5, 5.41) is 1.94. The summed E-state index contributed by atoms with van der Waals surface area (Å²) in [6.07, 6.45) is 1.66. The maximum absolute atomic E-state index is 8.80. The van der Waals surface area contributed by atoms with Gasteiger partial charge >= 0.3 is 0 Å². The van der Waals surface area contributed by atoms with Gasteiger partial charge in [-0.05, 0) is 94.0 Å². The van der Waals surface area contributed by atoms with Gasteiger partial charge in [-0.3, -0.25) is 0 Å². The van der Waals surface area contributed by atoms with Crippen LogP contribution in [-0.4, -0.2) is 9.55 Å². The Balaban J connectivity index is 0.00000520. The molecule has 0 spiro atoms. The Bertz CT molecular complexity index is 3600. The van der Waals surface area contributed by atoms with Crippen LogP contribution in [0.25, 0.3) is 61.0 Å². The minimum atomic E-state index is -2.47. The molecule has 0 saturated heterocycles. The molecule has 0 atom stereocenters. The van der Waals surface area contributed by atoms with Crippen molar-refractivity contribution in [3.05, 3.63) is 212 Å². The van der Waals surface area contributed by atoms with Gasteiger partial charge in [-0.15, -0.1) is 48.1 Å². The molecule has 6 nitrogen and oxygen atoms in total. The van der Waals surface area contributed by atoms with Gasteiger partial charge in [0, 0.05) is 82.1 Å². The van der Waals surface area contributed by atoms with Crippen molar-refractivity contribution in [3.8, 4) is 62.2 Å². The van der Waals surface area contributed by atoms with Crippen LogP contribution >= 0.6 is 0 Å². The molecule has 2 aromatic heterocycles. The van der Waals surface area contributed by atoms with Crippen molar-refractivity contribution in [1.82, 2.24) is 9.55 Å². The molecule has 66 heavy (non-hydrogen) atoms. The number of nitrogens with zero attached hydrogens (tertiary/aromatic N) is 4. The molecule has 324 valence electrons. The fourth-order valence-corrected chi connectivity index (χ4v) is 9.17. The molecule has 10 aromatic rings. The summed E-state index contributed by atoms with van der Waals surface area (Å²) in [6.45, 7) is 6.24. The second-order valence-electron chi connectivity index (χ2n) is 17.6. The van der Waals surface area contributed by atoms with Gasteiger partial charge < -0.3 is 23.8 Å². The quantitative estimate of drug-likeness (QED) is 0.153. The van der Waals surface area contributed by atoms with Crippen LogP contribution in [0.5, 0.6) is 23.0 Å². The average Bonchev–Trinajstić information content (AvgIpc) is 3.89. The van der Waals surface area contributed by atoms with Crippen LogP contribution < -0.4 is 19.3 Å². The fourth-order valence-electron chi connectivity index (χ4n) is 9.17. The number of benzene rings is 8. The molecule has 0 unspecified atom stereocenters. The van der Waals surface area contributed by atoms with E-state index in [1.165, 1.54) is 5.56 Å². The first-order valence-corrected chi connectivity index (χ1v) is 21.8. The van der Waals surface area contributed by atoms with Crippen LogP contribution in [0.1, 0.15) is 36.0 Å². The van der Waals surface area contributed by atoms with E-state index in [9.17, 15) is 0 Å². The van der Waals surface area contributed by atoms with Gasteiger partial charge in [0.25, 0.3) is 0 Å². The van der Waals surface area contributed by atoms with E-state index in [2.05, 4.69) is 146 Å². The molecule has 0 N–H and O–H groups in total. The Morgan fingerprint density at radius 2 is 1.29 bits per heavy atom. The molecule has 0 fully saturated rings. The van der Waals surface area contributed by atoms with E-state index >= 15 is 0 Å². The number of hydrogen-bond donors (Lipinski definition) is 0. The number of rotatable bonds is 1. The largest absolute Gasteiger partial charge is 0.509 e. The molecule has 0 aliphatic carbocycles. The maximum Gasteiger partial charge on any atom is 0.135 e.